The Morgan fingerprint density at radius 2 is 1.84 bits per heavy atom. The van der Waals surface area contributed by atoms with Crippen molar-refractivity contribution in [2.45, 2.75) is 51.4 Å². The zero-order valence-corrected chi connectivity index (χ0v) is 21.4. The quantitative estimate of drug-likeness (QED) is 0.552. The van der Waals surface area contributed by atoms with Crippen molar-refractivity contribution in [3.63, 3.8) is 0 Å². The summed E-state index contributed by atoms with van der Waals surface area (Å²) in [6.07, 6.45) is 1.98. The lowest BCUT2D eigenvalue weighted by Crippen LogP contribution is -2.44. The van der Waals surface area contributed by atoms with Crippen LogP contribution in [0.1, 0.15) is 58.4 Å². The van der Waals surface area contributed by atoms with Crippen LogP contribution in [0.2, 0.25) is 0 Å². The second kappa shape index (κ2) is 11.6. The molecule has 1 saturated heterocycles. The second-order valence-corrected chi connectivity index (χ2v) is 9.80. The molecule has 9 nitrogen and oxygen atoms in total. The van der Waals surface area contributed by atoms with Gasteiger partial charge >= 0.3 is 0 Å². The van der Waals surface area contributed by atoms with Crippen molar-refractivity contribution >= 4 is 17.7 Å². The lowest BCUT2D eigenvalue weighted by molar-refractivity contribution is -0.122. The van der Waals surface area contributed by atoms with E-state index in [1.807, 2.05) is 49.4 Å². The Balaban J connectivity index is 1.36. The number of aryl methyl sites for hydroxylation is 1. The number of aromatic nitrogens is 1. The zero-order valence-electron chi connectivity index (χ0n) is 21.4. The van der Waals surface area contributed by atoms with Gasteiger partial charge in [0.2, 0.25) is 5.91 Å². The lowest BCUT2D eigenvalue weighted by atomic mass is 10.0. The summed E-state index contributed by atoms with van der Waals surface area (Å²) in [6.45, 7) is 3.38. The monoisotopic (exact) mass is 516 g/mol. The number of rotatable bonds is 3. The molecular formula is C29H32N4O5. The SMILES string of the molecule is CCCc1cc(C(=O)N2C[C@@H]3NC(=O)CCCNC(=O)c4cccc(c4)-c4cccc(c4)CO[C@H]3C2)no1. The molecule has 2 aliphatic heterocycles. The highest BCUT2D eigenvalue weighted by Crippen LogP contribution is 2.24. The number of carbonyl (C=O) groups excluding carboxylic acids is 3. The van der Waals surface area contributed by atoms with E-state index in [9.17, 15) is 14.4 Å². The minimum atomic E-state index is -0.382. The van der Waals surface area contributed by atoms with Gasteiger partial charge in [0.25, 0.3) is 11.8 Å². The van der Waals surface area contributed by atoms with Gasteiger partial charge in [0.15, 0.2) is 5.69 Å². The first-order valence-corrected chi connectivity index (χ1v) is 13.1. The fourth-order valence-corrected chi connectivity index (χ4v) is 4.90. The summed E-state index contributed by atoms with van der Waals surface area (Å²) < 4.78 is 11.6. The number of fused-ring (bicyclic) bond motifs is 6. The van der Waals surface area contributed by atoms with Gasteiger partial charge in [-0.2, -0.15) is 0 Å². The molecule has 1 fully saturated rings. The number of amides is 3. The van der Waals surface area contributed by atoms with Crippen molar-refractivity contribution in [1.29, 1.82) is 0 Å². The van der Waals surface area contributed by atoms with E-state index in [1.165, 1.54) is 0 Å². The van der Waals surface area contributed by atoms with Crippen molar-refractivity contribution in [1.82, 2.24) is 20.7 Å². The number of carbonyl (C=O) groups is 3. The first kappa shape index (κ1) is 25.7. The van der Waals surface area contributed by atoms with Gasteiger partial charge in [0.05, 0.1) is 18.8 Å². The molecular weight excluding hydrogens is 484 g/mol. The summed E-state index contributed by atoms with van der Waals surface area (Å²) in [6, 6.07) is 16.8. The molecule has 2 aliphatic rings. The van der Waals surface area contributed by atoms with E-state index in [0.29, 0.717) is 50.4 Å². The zero-order chi connectivity index (χ0) is 26.5. The molecule has 0 unspecified atom stereocenters. The number of hydrogen-bond donors (Lipinski definition) is 2. The van der Waals surface area contributed by atoms with E-state index >= 15 is 0 Å². The maximum absolute atomic E-state index is 13.2. The van der Waals surface area contributed by atoms with Gasteiger partial charge in [-0.1, -0.05) is 42.4 Å². The molecule has 2 aromatic carbocycles. The number of likely N-dealkylation sites (tertiary alicyclic amines) is 1. The Labute approximate surface area is 221 Å². The molecule has 0 radical (unpaired) electrons. The minimum absolute atomic E-state index is 0.146. The highest BCUT2D eigenvalue weighted by atomic mass is 16.5. The topological polar surface area (TPSA) is 114 Å². The average molecular weight is 517 g/mol. The average Bonchev–Trinajstić information content (AvgIpc) is 3.56. The van der Waals surface area contributed by atoms with E-state index in [2.05, 4.69) is 15.8 Å². The Kier molecular flexibility index (Phi) is 7.83. The molecule has 9 heteroatoms. The number of nitrogens with one attached hydrogen (secondary N) is 2. The van der Waals surface area contributed by atoms with Crippen molar-refractivity contribution < 1.29 is 23.6 Å². The number of ether oxygens (including phenoxy) is 1. The summed E-state index contributed by atoms with van der Waals surface area (Å²) >= 11 is 0. The Hall–Kier alpha value is -3.98. The Morgan fingerprint density at radius 1 is 1.05 bits per heavy atom. The van der Waals surface area contributed by atoms with Crippen molar-refractivity contribution in [3.05, 3.63) is 77.2 Å². The maximum atomic E-state index is 13.2. The summed E-state index contributed by atoms with van der Waals surface area (Å²) in [4.78, 5) is 40.2. The molecule has 0 aliphatic carbocycles. The molecule has 2 N–H and O–H groups in total. The number of benzene rings is 2. The van der Waals surface area contributed by atoms with Gasteiger partial charge in [0, 0.05) is 44.1 Å². The number of nitrogens with zero attached hydrogens (tertiary/aromatic N) is 2. The van der Waals surface area contributed by atoms with Gasteiger partial charge in [-0.15, -0.1) is 0 Å². The smallest absolute Gasteiger partial charge is 0.276 e. The van der Waals surface area contributed by atoms with Crippen LogP contribution in [0.3, 0.4) is 0 Å². The third kappa shape index (κ3) is 5.94. The molecule has 2 atom stereocenters. The van der Waals surface area contributed by atoms with Crippen LogP contribution in [-0.2, 0) is 22.6 Å². The predicted octanol–water partition coefficient (Wildman–Crippen LogP) is 3.34. The molecule has 0 spiro atoms. The molecule has 3 aromatic rings. The highest BCUT2D eigenvalue weighted by molar-refractivity contribution is 5.95. The van der Waals surface area contributed by atoms with E-state index in [4.69, 9.17) is 9.26 Å². The predicted molar refractivity (Wildman–Crippen MR) is 140 cm³/mol. The molecule has 1 aromatic heterocycles. The van der Waals surface area contributed by atoms with Crippen molar-refractivity contribution in [2.75, 3.05) is 19.6 Å². The van der Waals surface area contributed by atoms with Crippen LogP contribution in [0, 0.1) is 0 Å². The third-order valence-electron chi connectivity index (χ3n) is 6.89. The molecule has 0 saturated carbocycles. The Bertz CT molecular complexity index is 1320. The standard InChI is InChI=1S/C29H32N4O5/c1-2-6-23-15-24(32-38-23)29(36)33-16-25-26(17-33)37-18-19-7-3-8-20(13-19)21-9-4-10-22(14-21)28(35)30-12-5-11-27(34)31-25/h3-4,7-10,13-15,25-26H,2,5-6,11-12,16-18H2,1H3,(H,30,35)(H,31,34)/t25-,26-/m0/s1. The first-order chi connectivity index (χ1) is 18.5. The summed E-state index contributed by atoms with van der Waals surface area (Å²) in [5.41, 5.74) is 3.71. The largest absolute Gasteiger partial charge is 0.369 e. The van der Waals surface area contributed by atoms with E-state index in [1.54, 1.807) is 17.0 Å². The Morgan fingerprint density at radius 3 is 2.68 bits per heavy atom. The fourth-order valence-electron chi connectivity index (χ4n) is 4.90. The third-order valence-corrected chi connectivity index (χ3v) is 6.89. The van der Waals surface area contributed by atoms with E-state index in [-0.39, 0.29) is 42.0 Å². The van der Waals surface area contributed by atoms with Crippen molar-refractivity contribution in [2.24, 2.45) is 0 Å². The minimum Gasteiger partial charge on any atom is -0.369 e. The van der Waals surface area contributed by atoms with Gasteiger partial charge in [-0.05, 0) is 47.7 Å². The first-order valence-electron chi connectivity index (χ1n) is 13.1. The van der Waals surface area contributed by atoms with Crippen LogP contribution in [0.4, 0.5) is 0 Å². The molecule has 198 valence electrons. The van der Waals surface area contributed by atoms with Gasteiger partial charge in [0.1, 0.15) is 5.76 Å². The van der Waals surface area contributed by atoms with Crippen LogP contribution in [0.5, 0.6) is 0 Å². The summed E-state index contributed by atoms with van der Waals surface area (Å²) in [5.74, 6) is 0.120. The van der Waals surface area contributed by atoms with Crippen molar-refractivity contribution in [3.8, 4) is 11.1 Å². The van der Waals surface area contributed by atoms with Crippen LogP contribution < -0.4 is 10.6 Å². The van der Waals surface area contributed by atoms with Crippen LogP contribution in [0.15, 0.2) is 59.1 Å². The number of hydrogen-bond acceptors (Lipinski definition) is 6. The molecule has 5 rings (SSSR count). The summed E-state index contributed by atoms with van der Waals surface area (Å²) in [5, 5.41) is 9.90. The van der Waals surface area contributed by atoms with Crippen LogP contribution in [-0.4, -0.2) is 59.6 Å². The highest BCUT2D eigenvalue weighted by Gasteiger charge is 2.38. The summed E-state index contributed by atoms with van der Waals surface area (Å²) in [7, 11) is 0. The lowest BCUT2D eigenvalue weighted by Gasteiger charge is -2.20. The molecule has 3 amide bonds. The van der Waals surface area contributed by atoms with Gasteiger partial charge < -0.3 is 24.8 Å². The maximum Gasteiger partial charge on any atom is 0.276 e. The molecule has 3 heterocycles. The second-order valence-electron chi connectivity index (χ2n) is 9.80. The fraction of sp³-hybridized carbons (Fsp3) is 0.379. The van der Waals surface area contributed by atoms with Crippen LogP contribution >= 0.6 is 0 Å². The molecule has 4 bridgehead atoms. The van der Waals surface area contributed by atoms with Gasteiger partial charge in [-0.25, -0.2) is 0 Å². The van der Waals surface area contributed by atoms with Gasteiger partial charge in [-0.3, -0.25) is 14.4 Å². The molecule has 38 heavy (non-hydrogen) atoms. The normalized spacial score (nSPS) is 20.3. The van der Waals surface area contributed by atoms with Crippen LogP contribution in [0.25, 0.3) is 11.1 Å². The van der Waals surface area contributed by atoms with E-state index < -0.39 is 0 Å². The van der Waals surface area contributed by atoms with E-state index in [0.717, 1.165) is 23.1 Å².